The molecule has 0 saturated carbocycles. The number of carboxylic acid groups (broad SMARTS) is 2. The molecule has 0 aromatic heterocycles. The van der Waals surface area contributed by atoms with Crippen molar-refractivity contribution in [3.05, 3.63) is 0 Å². The molecule has 96 valence electrons. The average Bonchev–Trinajstić information content (AvgIpc) is 2.14. The van der Waals surface area contributed by atoms with Gasteiger partial charge in [0.05, 0.1) is 6.42 Å². The van der Waals surface area contributed by atoms with Gasteiger partial charge in [-0.2, -0.15) is 0 Å². The molecule has 0 unspecified atom stereocenters. The first-order chi connectivity index (χ1) is 7.73. The zero-order valence-electron chi connectivity index (χ0n) is 9.39. The van der Waals surface area contributed by atoms with Crippen LogP contribution in [0.25, 0.3) is 0 Å². The number of aliphatic carboxylic acids is 2. The van der Waals surface area contributed by atoms with Gasteiger partial charge in [0, 0.05) is 6.92 Å². The fraction of sp³-hybridized carbons (Fsp3) is 0.556. The van der Waals surface area contributed by atoms with Crippen molar-refractivity contribution in [1.29, 1.82) is 0 Å². The Hall–Kier alpha value is -2.12. The van der Waals surface area contributed by atoms with Crippen molar-refractivity contribution in [1.82, 2.24) is 10.6 Å². The highest BCUT2D eigenvalue weighted by molar-refractivity contribution is 5.92. The van der Waals surface area contributed by atoms with Gasteiger partial charge in [0.2, 0.25) is 11.8 Å². The summed E-state index contributed by atoms with van der Waals surface area (Å²) in [6.07, 6.45) is -0.613. The molecular formula is C9H14N2O6. The van der Waals surface area contributed by atoms with Gasteiger partial charge in [-0.3, -0.25) is 19.2 Å². The van der Waals surface area contributed by atoms with Crippen LogP contribution in [0.4, 0.5) is 0 Å². The van der Waals surface area contributed by atoms with E-state index in [2.05, 4.69) is 10.6 Å². The minimum atomic E-state index is -1.29. The summed E-state index contributed by atoms with van der Waals surface area (Å²) >= 11 is 0. The molecule has 0 aliphatic rings. The lowest BCUT2D eigenvalue weighted by Gasteiger charge is -2.17. The van der Waals surface area contributed by atoms with Gasteiger partial charge in [0.1, 0.15) is 12.1 Å². The van der Waals surface area contributed by atoms with Crippen LogP contribution in [0.1, 0.15) is 20.3 Å². The van der Waals surface area contributed by atoms with Crippen molar-refractivity contribution in [2.45, 2.75) is 32.4 Å². The number of carbonyl (C=O) groups is 4. The largest absolute Gasteiger partial charge is 0.481 e. The Kier molecular flexibility index (Phi) is 5.65. The molecule has 2 amide bonds. The summed E-state index contributed by atoms with van der Waals surface area (Å²) in [4.78, 5) is 43.2. The van der Waals surface area contributed by atoms with Crippen LogP contribution in [0.5, 0.6) is 0 Å². The maximum absolute atomic E-state index is 11.5. The number of nitrogens with one attached hydrogen (secondary N) is 2. The Labute approximate surface area is 97.0 Å². The average molecular weight is 246 g/mol. The monoisotopic (exact) mass is 246 g/mol. The van der Waals surface area contributed by atoms with Crippen LogP contribution in [0, 0.1) is 0 Å². The van der Waals surface area contributed by atoms with E-state index in [0.29, 0.717) is 0 Å². The van der Waals surface area contributed by atoms with E-state index in [-0.39, 0.29) is 0 Å². The predicted molar refractivity (Wildman–Crippen MR) is 55.1 cm³/mol. The maximum Gasteiger partial charge on any atom is 0.325 e. The van der Waals surface area contributed by atoms with Crippen LogP contribution in [-0.2, 0) is 19.2 Å². The van der Waals surface area contributed by atoms with Crippen LogP contribution in [0.15, 0.2) is 0 Å². The molecule has 0 heterocycles. The van der Waals surface area contributed by atoms with E-state index in [1.54, 1.807) is 0 Å². The van der Waals surface area contributed by atoms with Gasteiger partial charge in [-0.15, -0.1) is 0 Å². The Bertz CT molecular complexity index is 324. The summed E-state index contributed by atoms with van der Waals surface area (Å²) in [5.74, 6) is -3.95. The summed E-state index contributed by atoms with van der Waals surface area (Å²) in [5.41, 5.74) is 0. The first-order valence-corrected chi connectivity index (χ1v) is 4.76. The van der Waals surface area contributed by atoms with E-state index >= 15 is 0 Å². The molecule has 8 heteroatoms. The van der Waals surface area contributed by atoms with Gasteiger partial charge in [0.15, 0.2) is 0 Å². The molecule has 8 nitrogen and oxygen atoms in total. The minimum Gasteiger partial charge on any atom is -0.481 e. The number of hydrogen-bond donors (Lipinski definition) is 4. The third kappa shape index (κ3) is 6.13. The van der Waals surface area contributed by atoms with E-state index in [9.17, 15) is 19.2 Å². The number of amides is 2. The molecule has 0 rings (SSSR count). The Morgan fingerprint density at radius 1 is 1.12 bits per heavy atom. The van der Waals surface area contributed by atoms with Gasteiger partial charge < -0.3 is 20.8 Å². The molecule has 0 radical (unpaired) electrons. The standard InChI is InChI=1S/C9H14N2O6/c1-4(9(16)17)10-8(15)6(3-7(13)14)11-5(2)12/h4,6H,3H2,1-2H3,(H,10,15)(H,11,12)(H,13,14)(H,16,17)/t4-,6+/m1/s1. The molecule has 0 fully saturated rings. The van der Waals surface area contributed by atoms with Crippen LogP contribution in [-0.4, -0.2) is 46.0 Å². The summed E-state index contributed by atoms with van der Waals surface area (Å²) in [6.45, 7) is 2.36. The maximum atomic E-state index is 11.5. The Morgan fingerprint density at radius 3 is 2.00 bits per heavy atom. The van der Waals surface area contributed by atoms with E-state index in [0.717, 1.165) is 6.92 Å². The van der Waals surface area contributed by atoms with E-state index in [1.807, 2.05) is 0 Å². The highest BCUT2D eigenvalue weighted by Crippen LogP contribution is 1.95. The van der Waals surface area contributed by atoms with Gasteiger partial charge >= 0.3 is 11.9 Å². The molecule has 0 aromatic carbocycles. The van der Waals surface area contributed by atoms with Crippen LogP contribution in [0.3, 0.4) is 0 Å². The molecule has 4 N–H and O–H groups in total. The minimum absolute atomic E-state index is 0.575. The zero-order valence-corrected chi connectivity index (χ0v) is 9.39. The molecule has 0 bridgehead atoms. The summed E-state index contributed by atoms with van der Waals surface area (Å²) in [6, 6.07) is -2.45. The second-order valence-electron chi connectivity index (χ2n) is 3.42. The second kappa shape index (κ2) is 6.46. The van der Waals surface area contributed by atoms with Crippen molar-refractivity contribution < 1.29 is 29.4 Å². The third-order valence-electron chi connectivity index (χ3n) is 1.80. The predicted octanol–water partition coefficient (Wildman–Crippen LogP) is -1.44. The number of carbonyl (C=O) groups excluding carboxylic acids is 2. The normalized spacial score (nSPS) is 13.3. The number of hydrogen-bond acceptors (Lipinski definition) is 4. The van der Waals surface area contributed by atoms with Gasteiger partial charge in [-0.05, 0) is 6.92 Å². The number of carboxylic acids is 2. The number of rotatable bonds is 6. The summed E-state index contributed by atoms with van der Waals surface area (Å²) < 4.78 is 0. The van der Waals surface area contributed by atoms with Gasteiger partial charge in [-0.1, -0.05) is 0 Å². The fourth-order valence-corrected chi connectivity index (χ4v) is 1.00. The van der Waals surface area contributed by atoms with Gasteiger partial charge in [-0.25, -0.2) is 0 Å². The van der Waals surface area contributed by atoms with Crippen LogP contribution < -0.4 is 10.6 Å². The van der Waals surface area contributed by atoms with Crippen LogP contribution >= 0.6 is 0 Å². The molecule has 2 atom stereocenters. The smallest absolute Gasteiger partial charge is 0.325 e. The molecule has 0 saturated heterocycles. The molecule has 0 aliphatic heterocycles. The van der Waals surface area contributed by atoms with E-state index in [1.165, 1.54) is 6.92 Å². The lowest BCUT2D eigenvalue weighted by atomic mass is 10.1. The lowest BCUT2D eigenvalue weighted by molar-refractivity contribution is -0.142. The van der Waals surface area contributed by atoms with Crippen molar-refractivity contribution >= 4 is 23.8 Å². The fourth-order valence-electron chi connectivity index (χ4n) is 1.00. The molecule has 17 heavy (non-hydrogen) atoms. The van der Waals surface area contributed by atoms with Crippen molar-refractivity contribution in [3.63, 3.8) is 0 Å². The lowest BCUT2D eigenvalue weighted by Crippen LogP contribution is -2.51. The summed E-state index contributed by atoms with van der Waals surface area (Å²) in [5, 5.41) is 21.3. The highest BCUT2D eigenvalue weighted by atomic mass is 16.4. The first-order valence-electron chi connectivity index (χ1n) is 4.76. The second-order valence-corrected chi connectivity index (χ2v) is 3.42. The summed E-state index contributed by atoms with van der Waals surface area (Å²) in [7, 11) is 0. The first kappa shape index (κ1) is 14.9. The van der Waals surface area contributed by atoms with Crippen molar-refractivity contribution in [2.75, 3.05) is 0 Å². The molecule has 0 aromatic rings. The van der Waals surface area contributed by atoms with Crippen LogP contribution in [0.2, 0.25) is 0 Å². The molecule has 0 spiro atoms. The SMILES string of the molecule is CC(=O)N[C@@H](CC(=O)O)C(=O)N[C@H](C)C(=O)O. The van der Waals surface area contributed by atoms with E-state index < -0.39 is 42.3 Å². The molecular weight excluding hydrogens is 232 g/mol. The van der Waals surface area contributed by atoms with Crippen molar-refractivity contribution in [3.8, 4) is 0 Å². The Balaban J connectivity index is 4.57. The topological polar surface area (TPSA) is 133 Å². The Morgan fingerprint density at radius 2 is 1.65 bits per heavy atom. The zero-order chi connectivity index (χ0) is 13.6. The molecule has 0 aliphatic carbocycles. The van der Waals surface area contributed by atoms with Gasteiger partial charge in [0.25, 0.3) is 0 Å². The quantitative estimate of drug-likeness (QED) is 0.453. The van der Waals surface area contributed by atoms with E-state index in [4.69, 9.17) is 10.2 Å². The van der Waals surface area contributed by atoms with Crippen molar-refractivity contribution in [2.24, 2.45) is 0 Å². The third-order valence-corrected chi connectivity index (χ3v) is 1.80. The highest BCUT2D eigenvalue weighted by Gasteiger charge is 2.25.